The Hall–Kier alpha value is -1.81. The number of phenolic OH excluding ortho intramolecular Hbond substituents is 1. The number of methoxy groups -OCH3 is 1. The lowest BCUT2D eigenvalue weighted by Gasteiger charge is -2.04. The number of halogens is 1. The summed E-state index contributed by atoms with van der Waals surface area (Å²) in [5.74, 6) is -0.199. The molecule has 1 N–H and O–H groups in total. The van der Waals surface area contributed by atoms with E-state index in [1.807, 2.05) is 0 Å². The van der Waals surface area contributed by atoms with Crippen molar-refractivity contribution in [1.29, 1.82) is 0 Å². The molecule has 17 heavy (non-hydrogen) atoms. The van der Waals surface area contributed by atoms with Gasteiger partial charge in [-0.2, -0.15) is 0 Å². The van der Waals surface area contributed by atoms with Crippen molar-refractivity contribution >= 4 is 28.7 Å². The molecule has 0 aliphatic rings. The van der Waals surface area contributed by atoms with Crippen molar-refractivity contribution in [2.24, 2.45) is 0 Å². The lowest BCUT2D eigenvalue weighted by atomic mass is 10.1. The summed E-state index contributed by atoms with van der Waals surface area (Å²) in [5.41, 5.74) is 0.360. The van der Waals surface area contributed by atoms with Gasteiger partial charge in [0.25, 0.3) is 5.24 Å². The van der Waals surface area contributed by atoms with E-state index in [-0.39, 0.29) is 11.3 Å². The first kappa shape index (κ1) is 13.3. The van der Waals surface area contributed by atoms with E-state index >= 15 is 0 Å². The van der Waals surface area contributed by atoms with E-state index in [0.29, 0.717) is 11.3 Å². The van der Waals surface area contributed by atoms with Crippen molar-refractivity contribution in [3.63, 3.8) is 0 Å². The summed E-state index contributed by atoms with van der Waals surface area (Å²) in [6.07, 6.45) is 1.32. The highest BCUT2D eigenvalue weighted by Crippen LogP contribution is 2.27. The molecule has 0 unspecified atom stereocenters. The standard InChI is InChI=1S/C12H11ClO4/c1-7(14)9(12(13)16)5-8-3-4-11(17-2)10(15)6-8/h3-6,15H,1-2H3. The average Bonchev–Trinajstić information content (AvgIpc) is 2.25. The summed E-state index contributed by atoms with van der Waals surface area (Å²) in [6, 6.07) is 4.50. The third-order valence-electron chi connectivity index (χ3n) is 2.10. The lowest BCUT2D eigenvalue weighted by molar-refractivity contribution is -0.116. The van der Waals surface area contributed by atoms with Gasteiger partial charge in [0.1, 0.15) is 0 Å². The van der Waals surface area contributed by atoms with Crippen LogP contribution in [0.15, 0.2) is 23.8 Å². The molecule has 4 nitrogen and oxygen atoms in total. The molecule has 90 valence electrons. The Balaban J connectivity index is 3.17. The van der Waals surface area contributed by atoms with E-state index < -0.39 is 11.0 Å². The van der Waals surface area contributed by atoms with Crippen LogP contribution in [-0.4, -0.2) is 23.2 Å². The van der Waals surface area contributed by atoms with Crippen LogP contribution in [0.1, 0.15) is 12.5 Å². The summed E-state index contributed by atoms with van der Waals surface area (Å²) in [4.78, 5) is 22.1. The minimum Gasteiger partial charge on any atom is -0.504 e. The molecule has 0 saturated heterocycles. The van der Waals surface area contributed by atoms with Crippen LogP contribution in [0.3, 0.4) is 0 Å². The fraction of sp³-hybridized carbons (Fsp3) is 0.167. The molecular weight excluding hydrogens is 244 g/mol. The summed E-state index contributed by atoms with van der Waals surface area (Å²) < 4.78 is 4.87. The van der Waals surface area contributed by atoms with Crippen molar-refractivity contribution in [3.8, 4) is 11.5 Å². The minimum atomic E-state index is -0.826. The smallest absolute Gasteiger partial charge is 0.255 e. The number of hydrogen-bond acceptors (Lipinski definition) is 4. The fourth-order valence-corrected chi connectivity index (χ4v) is 1.45. The SMILES string of the molecule is COc1ccc(C=C(C(C)=O)C(=O)Cl)cc1O. The van der Waals surface area contributed by atoms with Gasteiger partial charge in [0.05, 0.1) is 12.7 Å². The van der Waals surface area contributed by atoms with E-state index in [1.165, 1.54) is 32.2 Å². The van der Waals surface area contributed by atoms with Gasteiger partial charge in [0.2, 0.25) is 0 Å². The van der Waals surface area contributed by atoms with Gasteiger partial charge < -0.3 is 9.84 Å². The predicted molar refractivity (Wildman–Crippen MR) is 64.2 cm³/mol. The van der Waals surface area contributed by atoms with Gasteiger partial charge >= 0.3 is 0 Å². The molecule has 0 atom stereocenters. The summed E-state index contributed by atoms with van der Waals surface area (Å²) in [5, 5.41) is 8.70. The topological polar surface area (TPSA) is 63.6 Å². The first-order chi connectivity index (χ1) is 7.95. The number of rotatable bonds is 4. The Morgan fingerprint density at radius 3 is 2.47 bits per heavy atom. The zero-order valence-corrected chi connectivity index (χ0v) is 10.1. The molecule has 0 bridgehead atoms. The van der Waals surface area contributed by atoms with Crippen LogP contribution < -0.4 is 4.74 Å². The maximum Gasteiger partial charge on any atom is 0.255 e. The van der Waals surface area contributed by atoms with E-state index in [2.05, 4.69) is 0 Å². The largest absolute Gasteiger partial charge is 0.504 e. The Labute approximate surface area is 103 Å². The number of carbonyl (C=O) groups excluding carboxylic acids is 2. The van der Waals surface area contributed by atoms with E-state index in [1.54, 1.807) is 6.07 Å². The second-order valence-electron chi connectivity index (χ2n) is 3.32. The van der Waals surface area contributed by atoms with Gasteiger partial charge in [-0.05, 0) is 42.3 Å². The van der Waals surface area contributed by atoms with Gasteiger partial charge in [-0.1, -0.05) is 6.07 Å². The number of aromatic hydroxyl groups is 1. The number of hydrogen-bond donors (Lipinski definition) is 1. The lowest BCUT2D eigenvalue weighted by Crippen LogP contribution is -2.03. The van der Waals surface area contributed by atoms with Crippen LogP contribution in [-0.2, 0) is 9.59 Å². The molecule has 0 fully saturated rings. The summed E-state index contributed by atoms with van der Waals surface area (Å²) >= 11 is 5.27. The fourth-order valence-electron chi connectivity index (χ4n) is 1.26. The summed E-state index contributed by atoms with van der Waals surface area (Å²) in [6.45, 7) is 1.25. The van der Waals surface area contributed by atoms with Gasteiger partial charge in [-0.3, -0.25) is 9.59 Å². The van der Waals surface area contributed by atoms with Crippen LogP contribution in [0, 0.1) is 0 Å². The highest BCUT2D eigenvalue weighted by atomic mass is 35.5. The van der Waals surface area contributed by atoms with Crippen LogP contribution >= 0.6 is 11.6 Å². The Morgan fingerprint density at radius 2 is 2.06 bits per heavy atom. The molecule has 0 radical (unpaired) electrons. The van der Waals surface area contributed by atoms with E-state index in [9.17, 15) is 14.7 Å². The van der Waals surface area contributed by atoms with Gasteiger partial charge in [-0.25, -0.2) is 0 Å². The molecule has 0 aromatic heterocycles. The predicted octanol–water partition coefficient (Wildman–Crippen LogP) is 2.14. The molecule has 0 aliphatic heterocycles. The van der Waals surface area contributed by atoms with Gasteiger partial charge in [0.15, 0.2) is 17.3 Å². The Kier molecular flexibility index (Phi) is 4.29. The number of benzene rings is 1. The number of ketones is 1. The van der Waals surface area contributed by atoms with Crippen LogP contribution in [0.2, 0.25) is 0 Å². The highest BCUT2D eigenvalue weighted by molar-refractivity contribution is 6.71. The van der Waals surface area contributed by atoms with E-state index in [4.69, 9.17) is 16.3 Å². The monoisotopic (exact) mass is 254 g/mol. The number of allylic oxidation sites excluding steroid dienone is 1. The second kappa shape index (κ2) is 5.50. The molecular formula is C12H11ClO4. The normalized spacial score (nSPS) is 11.1. The van der Waals surface area contributed by atoms with Crippen molar-refractivity contribution in [2.45, 2.75) is 6.92 Å². The number of Topliss-reactive ketones (excluding diaryl/α,β-unsaturated/α-hetero) is 1. The molecule has 1 rings (SSSR count). The zero-order chi connectivity index (χ0) is 13.0. The molecule has 0 heterocycles. The first-order valence-electron chi connectivity index (χ1n) is 4.75. The maximum atomic E-state index is 11.1. The Morgan fingerprint density at radius 1 is 1.41 bits per heavy atom. The van der Waals surface area contributed by atoms with Crippen molar-refractivity contribution in [2.75, 3.05) is 7.11 Å². The number of carbonyl (C=O) groups is 2. The van der Waals surface area contributed by atoms with Crippen molar-refractivity contribution in [3.05, 3.63) is 29.3 Å². The van der Waals surface area contributed by atoms with Gasteiger partial charge in [-0.15, -0.1) is 0 Å². The number of phenols is 1. The third kappa shape index (κ3) is 3.32. The number of ether oxygens (including phenoxy) is 1. The van der Waals surface area contributed by atoms with Gasteiger partial charge in [0, 0.05) is 0 Å². The molecule has 5 heteroatoms. The second-order valence-corrected chi connectivity index (χ2v) is 3.66. The van der Waals surface area contributed by atoms with Crippen LogP contribution in [0.4, 0.5) is 0 Å². The van der Waals surface area contributed by atoms with Crippen molar-refractivity contribution in [1.82, 2.24) is 0 Å². The average molecular weight is 255 g/mol. The Bertz CT molecular complexity index is 475. The molecule has 0 amide bonds. The molecule has 1 aromatic carbocycles. The molecule has 1 aromatic rings. The van der Waals surface area contributed by atoms with Crippen LogP contribution in [0.25, 0.3) is 6.08 Å². The molecule has 0 saturated carbocycles. The molecule has 0 aliphatic carbocycles. The van der Waals surface area contributed by atoms with E-state index in [0.717, 1.165) is 0 Å². The van der Waals surface area contributed by atoms with Crippen LogP contribution in [0.5, 0.6) is 11.5 Å². The quantitative estimate of drug-likeness (QED) is 0.387. The van der Waals surface area contributed by atoms with Crippen molar-refractivity contribution < 1.29 is 19.4 Å². The highest BCUT2D eigenvalue weighted by Gasteiger charge is 2.12. The maximum absolute atomic E-state index is 11.1. The molecule has 0 spiro atoms. The summed E-state index contributed by atoms with van der Waals surface area (Å²) in [7, 11) is 1.42. The third-order valence-corrected chi connectivity index (χ3v) is 2.31. The minimum absolute atomic E-state index is 0.0776. The zero-order valence-electron chi connectivity index (χ0n) is 9.36. The first-order valence-corrected chi connectivity index (χ1v) is 5.13.